The predicted molar refractivity (Wildman–Crippen MR) is 66.4 cm³/mol. The second-order valence-electron chi connectivity index (χ2n) is 4.46. The Balaban J connectivity index is 3.84. The minimum atomic E-state index is 0.650. The lowest BCUT2D eigenvalue weighted by Gasteiger charge is -1.97. The van der Waals surface area contributed by atoms with Crippen molar-refractivity contribution in [2.75, 3.05) is 0 Å². The molecule has 0 fully saturated rings. The first kappa shape index (κ1) is 13.2. The summed E-state index contributed by atoms with van der Waals surface area (Å²) in [6, 6.07) is 0. The summed E-state index contributed by atoms with van der Waals surface area (Å²) in [6.07, 6.45) is 11.3. The van der Waals surface area contributed by atoms with Gasteiger partial charge in [0, 0.05) is 0 Å². The van der Waals surface area contributed by atoms with Crippen molar-refractivity contribution in [3.8, 4) is 0 Å². The van der Waals surface area contributed by atoms with Gasteiger partial charge in [0.25, 0.3) is 0 Å². The molecule has 80 valence electrons. The summed E-state index contributed by atoms with van der Waals surface area (Å²) in [5.41, 5.74) is 2.87. The molecule has 0 N–H and O–H groups in total. The topological polar surface area (TPSA) is 0 Å². The van der Waals surface area contributed by atoms with Crippen molar-refractivity contribution >= 4 is 0 Å². The van der Waals surface area contributed by atoms with Gasteiger partial charge in [0.1, 0.15) is 0 Å². The highest BCUT2D eigenvalue weighted by Crippen LogP contribution is 2.07. The normalized spacial score (nSPS) is 12.6. The first-order chi connectivity index (χ1) is 6.52. The van der Waals surface area contributed by atoms with Gasteiger partial charge in [0.15, 0.2) is 0 Å². The smallest absolute Gasteiger partial charge is 0.0285 e. The zero-order valence-electron chi connectivity index (χ0n) is 10.3. The second-order valence-corrected chi connectivity index (χ2v) is 4.46. The number of hydrogen-bond acceptors (Lipinski definition) is 0. The molecule has 0 atom stereocenters. The summed E-state index contributed by atoms with van der Waals surface area (Å²) in [7, 11) is 0. The highest BCUT2D eigenvalue weighted by Gasteiger charge is 1.87. The van der Waals surface area contributed by atoms with Crippen molar-refractivity contribution in [1.82, 2.24) is 0 Å². The molecule has 0 aromatic rings. The van der Waals surface area contributed by atoms with Gasteiger partial charge in [0.2, 0.25) is 0 Å². The molecule has 0 aliphatic rings. The van der Waals surface area contributed by atoms with E-state index in [0.29, 0.717) is 5.92 Å². The minimum absolute atomic E-state index is 0.650. The van der Waals surface area contributed by atoms with Crippen molar-refractivity contribution in [2.24, 2.45) is 5.92 Å². The molecule has 0 aliphatic carbocycles. The van der Waals surface area contributed by atoms with E-state index in [1.165, 1.54) is 24.0 Å². The second kappa shape index (κ2) is 7.61. The fourth-order valence-corrected chi connectivity index (χ4v) is 1.11. The molecular formula is C14H24. The van der Waals surface area contributed by atoms with Crippen LogP contribution in [0.1, 0.15) is 47.5 Å². The Morgan fingerprint density at radius 1 is 1.14 bits per heavy atom. The Labute approximate surface area is 89.4 Å². The van der Waals surface area contributed by atoms with E-state index in [4.69, 9.17) is 0 Å². The molecule has 0 heterocycles. The maximum absolute atomic E-state index is 2.30. The van der Waals surface area contributed by atoms with Crippen molar-refractivity contribution < 1.29 is 0 Å². The van der Waals surface area contributed by atoms with Crippen LogP contribution in [-0.2, 0) is 0 Å². The minimum Gasteiger partial charge on any atom is -0.0856 e. The lowest BCUT2D eigenvalue weighted by molar-refractivity contribution is 0.831. The molecule has 0 heteroatoms. The van der Waals surface area contributed by atoms with Crippen LogP contribution in [0.2, 0.25) is 0 Å². The van der Waals surface area contributed by atoms with E-state index in [2.05, 4.69) is 58.9 Å². The molecule has 0 rings (SSSR count). The Morgan fingerprint density at radius 2 is 1.79 bits per heavy atom. The van der Waals surface area contributed by atoms with Crippen LogP contribution in [0.15, 0.2) is 35.5 Å². The first-order valence-corrected chi connectivity index (χ1v) is 5.49. The van der Waals surface area contributed by atoms with E-state index in [-0.39, 0.29) is 0 Å². The zero-order valence-corrected chi connectivity index (χ0v) is 10.3. The molecule has 0 aromatic heterocycles. The van der Waals surface area contributed by atoms with E-state index >= 15 is 0 Å². The van der Waals surface area contributed by atoms with Crippen LogP contribution >= 0.6 is 0 Å². The Kier molecular flexibility index (Phi) is 7.18. The van der Waals surface area contributed by atoms with Crippen LogP contribution in [0, 0.1) is 5.92 Å². The van der Waals surface area contributed by atoms with Crippen molar-refractivity contribution in [3.63, 3.8) is 0 Å². The summed E-state index contributed by atoms with van der Waals surface area (Å²) in [6.45, 7) is 10.9. The van der Waals surface area contributed by atoms with E-state index in [0.717, 1.165) is 0 Å². The quantitative estimate of drug-likeness (QED) is 0.429. The largest absolute Gasteiger partial charge is 0.0856 e. The maximum Gasteiger partial charge on any atom is -0.0285 e. The first-order valence-electron chi connectivity index (χ1n) is 5.49. The van der Waals surface area contributed by atoms with Crippen LogP contribution in [0.25, 0.3) is 0 Å². The lowest BCUT2D eigenvalue weighted by Crippen LogP contribution is -1.78. The van der Waals surface area contributed by atoms with E-state index in [1.807, 2.05) is 0 Å². The van der Waals surface area contributed by atoms with E-state index in [9.17, 15) is 0 Å². The summed E-state index contributed by atoms with van der Waals surface area (Å²) < 4.78 is 0. The van der Waals surface area contributed by atoms with Crippen LogP contribution < -0.4 is 0 Å². The van der Waals surface area contributed by atoms with Gasteiger partial charge in [-0.05, 0) is 39.5 Å². The number of allylic oxidation sites excluding steroid dienone is 6. The zero-order chi connectivity index (χ0) is 11.0. The van der Waals surface area contributed by atoms with Gasteiger partial charge < -0.3 is 0 Å². The summed E-state index contributed by atoms with van der Waals surface area (Å²) in [5, 5.41) is 0. The summed E-state index contributed by atoms with van der Waals surface area (Å²) >= 11 is 0. The van der Waals surface area contributed by atoms with Crippen LogP contribution in [-0.4, -0.2) is 0 Å². The van der Waals surface area contributed by atoms with Crippen molar-refractivity contribution in [1.29, 1.82) is 0 Å². The molecule has 14 heavy (non-hydrogen) atoms. The van der Waals surface area contributed by atoms with Gasteiger partial charge in [-0.1, -0.05) is 49.3 Å². The molecule has 0 radical (unpaired) electrons. The maximum atomic E-state index is 2.30. The van der Waals surface area contributed by atoms with Gasteiger partial charge in [0.05, 0.1) is 0 Å². The molecule has 0 bridgehead atoms. The monoisotopic (exact) mass is 192 g/mol. The summed E-state index contributed by atoms with van der Waals surface area (Å²) in [4.78, 5) is 0. The highest BCUT2D eigenvalue weighted by molar-refractivity contribution is 5.11. The third-order valence-electron chi connectivity index (χ3n) is 1.97. The average molecular weight is 192 g/mol. The van der Waals surface area contributed by atoms with Crippen LogP contribution in [0.3, 0.4) is 0 Å². The molecule has 0 spiro atoms. The average Bonchev–Trinajstić information content (AvgIpc) is 2.02. The molecule has 0 aromatic carbocycles. The van der Waals surface area contributed by atoms with E-state index < -0.39 is 0 Å². The third kappa shape index (κ3) is 9.31. The number of rotatable bonds is 5. The van der Waals surface area contributed by atoms with Crippen molar-refractivity contribution in [2.45, 2.75) is 47.5 Å². The van der Waals surface area contributed by atoms with Gasteiger partial charge in [-0.2, -0.15) is 0 Å². The lowest BCUT2D eigenvalue weighted by atomic mass is 10.1. The summed E-state index contributed by atoms with van der Waals surface area (Å²) in [5.74, 6) is 0.650. The molecule has 0 nitrogen and oxygen atoms in total. The molecule has 0 unspecified atom stereocenters. The van der Waals surface area contributed by atoms with E-state index in [1.54, 1.807) is 0 Å². The Morgan fingerprint density at radius 3 is 2.29 bits per heavy atom. The Hall–Kier alpha value is -0.780. The standard InChI is InChI=1S/C14H24/c1-12(2)8-6-10-14(5)11-7-9-13(3)4/h6,8-10,12H,7,11H2,1-5H3/b8-6-,14-10-. The number of hydrogen-bond donors (Lipinski definition) is 0. The molecule has 0 aliphatic heterocycles. The molecule has 0 amide bonds. The SMILES string of the molecule is CC(C)=CCC/C(C)=C\C=C/C(C)C. The van der Waals surface area contributed by atoms with Crippen LogP contribution in [0.4, 0.5) is 0 Å². The van der Waals surface area contributed by atoms with Crippen LogP contribution in [0.5, 0.6) is 0 Å². The highest BCUT2D eigenvalue weighted by atomic mass is 13.9. The fraction of sp³-hybridized carbons (Fsp3) is 0.571. The van der Waals surface area contributed by atoms with Gasteiger partial charge in [-0.15, -0.1) is 0 Å². The molecule has 0 saturated carbocycles. The molecular weight excluding hydrogens is 168 g/mol. The van der Waals surface area contributed by atoms with Crippen molar-refractivity contribution in [3.05, 3.63) is 35.5 Å². The predicted octanol–water partition coefficient (Wildman–Crippen LogP) is 4.89. The van der Waals surface area contributed by atoms with Gasteiger partial charge >= 0.3 is 0 Å². The molecule has 0 saturated heterocycles. The van der Waals surface area contributed by atoms with Gasteiger partial charge in [-0.25, -0.2) is 0 Å². The fourth-order valence-electron chi connectivity index (χ4n) is 1.11. The van der Waals surface area contributed by atoms with Gasteiger partial charge in [-0.3, -0.25) is 0 Å². The third-order valence-corrected chi connectivity index (χ3v) is 1.97. The Bertz CT molecular complexity index is 222.